The average molecular weight is 343 g/mol. The van der Waals surface area contributed by atoms with E-state index in [1.54, 1.807) is 0 Å². The molecule has 0 saturated carbocycles. The first-order valence-electron chi connectivity index (χ1n) is 7.03. The maximum absolute atomic E-state index is 11.8. The molecule has 1 aromatic carbocycles. The summed E-state index contributed by atoms with van der Waals surface area (Å²) in [4.78, 5) is 11.8. The van der Waals surface area contributed by atoms with Crippen molar-refractivity contribution in [3.05, 3.63) is 28.7 Å². The van der Waals surface area contributed by atoms with Gasteiger partial charge in [0.2, 0.25) is 5.91 Å². The standard InChI is InChI=1S/C15H23BrN2O2/c1-2-3-6-13(11-17)18-15(19)8-9-20-14-7-4-5-12(16)10-14/h4-5,7,10,13H,2-3,6,8-9,11,17H2,1H3,(H,18,19). The molecule has 0 radical (unpaired) electrons. The summed E-state index contributed by atoms with van der Waals surface area (Å²) in [6.45, 7) is 2.98. The average Bonchev–Trinajstić information content (AvgIpc) is 2.43. The molecule has 1 unspecified atom stereocenters. The predicted molar refractivity (Wildman–Crippen MR) is 84.8 cm³/mol. The van der Waals surface area contributed by atoms with E-state index in [1.165, 1.54) is 0 Å². The maximum atomic E-state index is 11.8. The normalized spacial score (nSPS) is 11.9. The van der Waals surface area contributed by atoms with Gasteiger partial charge in [-0.25, -0.2) is 0 Å². The first-order valence-corrected chi connectivity index (χ1v) is 7.82. The van der Waals surface area contributed by atoms with Crippen LogP contribution in [0.15, 0.2) is 28.7 Å². The molecular weight excluding hydrogens is 320 g/mol. The van der Waals surface area contributed by atoms with Crippen LogP contribution in [0.5, 0.6) is 5.75 Å². The van der Waals surface area contributed by atoms with Crippen molar-refractivity contribution in [3.8, 4) is 5.75 Å². The Hall–Kier alpha value is -1.07. The van der Waals surface area contributed by atoms with E-state index in [2.05, 4.69) is 28.2 Å². The van der Waals surface area contributed by atoms with Crippen molar-refractivity contribution in [2.45, 2.75) is 38.6 Å². The van der Waals surface area contributed by atoms with Gasteiger partial charge in [0.15, 0.2) is 0 Å². The van der Waals surface area contributed by atoms with Crippen molar-refractivity contribution < 1.29 is 9.53 Å². The number of benzene rings is 1. The van der Waals surface area contributed by atoms with Crippen molar-refractivity contribution in [1.29, 1.82) is 0 Å². The van der Waals surface area contributed by atoms with Gasteiger partial charge in [-0.2, -0.15) is 0 Å². The topological polar surface area (TPSA) is 64.3 Å². The zero-order valence-corrected chi connectivity index (χ0v) is 13.5. The molecule has 0 spiro atoms. The first kappa shape index (κ1) is 17.0. The first-order chi connectivity index (χ1) is 9.65. The van der Waals surface area contributed by atoms with Crippen molar-refractivity contribution in [1.82, 2.24) is 5.32 Å². The van der Waals surface area contributed by atoms with E-state index in [9.17, 15) is 4.79 Å². The molecule has 5 heteroatoms. The van der Waals surface area contributed by atoms with Crippen LogP contribution in [0.25, 0.3) is 0 Å². The second kappa shape index (κ2) is 9.77. The van der Waals surface area contributed by atoms with Gasteiger partial charge in [0.05, 0.1) is 13.0 Å². The zero-order valence-electron chi connectivity index (χ0n) is 11.9. The van der Waals surface area contributed by atoms with Gasteiger partial charge in [-0.3, -0.25) is 4.79 Å². The lowest BCUT2D eigenvalue weighted by Gasteiger charge is -2.16. The minimum atomic E-state index is -0.00782. The van der Waals surface area contributed by atoms with Crippen LogP contribution in [-0.2, 0) is 4.79 Å². The minimum Gasteiger partial charge on any atom is -0.493 e. The number of hydrogen-bond acceptors (Lipinski definition) is 3. The molecule has 4 nitrogen and oxygen atoms in total. The highest BCUT2D eigenvalue weighted by atomic mass is 79.9. The van der Waals surface area contributed by atoms with Gasteiger partial charge in [-0.15, -0.1) is 0 Å². The third-order valence-electron chi connectivity index (χ3n) is 2.95. The largest absolute Gasteiger partial charge is 0.493 e. The molecule has 1 amide bonds. The minimum absolute atomic E-state index is 0.00782. The summed E-state index contributed by atoms with van der Waals surface area (Å²) in [5, 5.41) is 2.95. The second-order valence-electron chi connectivity index (χ2n) is 4.70. The van der Waals surface area contributed by atoms with E-state index in [0.29, 0.717) is 19.6 Å². The number of hydrogen-bond donors (Lipinski definition) is 2. The smallest absolute Gasteiger partial charge is 0.223 e. The van der Waals surface area contributed by atoms with E-state index >= 15 is 0 Å². The molecule has 3 N–H and O–H groups in total. The maximum Gasteiger partial charge on any atom is 0.223 e. The lowest BCUT2D eigenvalue weighted by molar-refractivity contribution is -0.122. The van der Waals surface area contributed by atoms with Crippen LogP contribution in [0.1, 0.15) is 32.6 Å². The van der Waals surface area contributed by atoms with E-state index in [0.717, 1.165) is 29.5 Å². The Morgan fingerprint density at radius 1 is 1.50 bits per heavy atom. The molecule has 0 bridgehead atoms. The zero-order chi connectivity index (χ0) is 14.8. The van der Waals surface area contributed by atoms with E-state index < -0.39 is 0 Å². The molecule has 0 saturated heterocycles. The Kier molecular flexibility index (Phi) is 8.30. The predicted octanol–water partition coefficient (Wildman–Crippen LogP) is 2.85. The van der Waals surface area contributed by atoms with Crippen molar-refractivity contribution in [2.75, 3.05) is 13.2 Å². The molecule has 1 rings (SSSR count). The number of halogens is 1. The second-order valence-corrected chi connectivity index (χ2v) is 5.61. The quantitative estimate of drug-likeness (QED) is 0.725. The van der Waals surface area contributed by atoms with Gasteiger partial charge in [0.25, 0.3) is 0 Å². The molecule has 20 heavy (non-hydrogen) atoms. The number of carbonyl (C=O) groups is 1. The summed E-state index contributed by atoms with van der Waals surface area (Å²) in [5.41, 5.74) is 5.65. The van der Waals surface area contributed by atoms with Crippen LogP contribution < -0.4 is 15.8 Å². The fourth-order valence-electron chi connectivity index (χ4n) is 1.82. The lowest BCUT2D eigenvalue weighted by Crippen LogP contribution is -2.40. The van der Waals surface area contributed by atoms with Gasteiger partial charge >= 0.3 is 0 Å². The Morgan fingerprint density at radius 2 is 2.30 bits per heavy atom. The SMILES string of the molecule is CCCCC(CN)NC(=O)CCOc1cccc(Br)c1. The summed E-state index contributed by atoms with van der Waals surface area (Å²) >= 11 is 3.38. The van der Waals surface area contributed by atoms with Crippen LogP contribution in [0.2, 0.25) is 0 Å². The van der Waals surface area contributed by atoms with Gasteiger partial charge in [0, 0.05) is 17.1 Å². The van der Waals surface area contributed by atoms with Gasteiger partial charge in [-0.05, 0) is 24.6 Å². The Balaban J connectivity index is 2.25. The fourth-order valence-corrected chi connectivity index (χ4v) is 2.20. The van der Waals surface area contributed by atoms with E-state index in [4.69, 9.17) is 10.5 Å². The molecule has 1 atom stereocenters. The molecule has 0 aliphatic heterocycles. The molecule has 1 aromatic rings. The van der Waals surface area contributed by atoms with E-state index in [1.807, 2.05) is 24.3 Å². The number of amides is 1. The highest BCUT2D eigenvalue weighted by Crippen LogP contribution is 2.17. The monoisotopic (exact) mass is 342 g/mol. The molecule has 0 fully saturated rings. The summed E-state index contributed by atoms with van der Waals surface area (Å²) in [7, 11) is 0. The molecule has 0 aromatic heterocycles. The number of nitrogens with two attached hydrogens (primary N) is 1. The molecule has 112 valence electrons. The number of rotatable bonds is 9. The number of ether oxygens (including phenoxy) is 1. The molecule has 0 aliphatic carbocycles. The lowest BCUT2D eigenvalue weighted by atomic mass is 10.1. The van der Waals surface area contributed by atoms with Crippen molar-refractivity contribution in [2.24, 2.45) is 5.73 Å². The summed E-state index contributed by atoms with van der Waals surface area (Å²) in [6, 6.07) is 7.65. The van der Waals surface area contributed by atoms with Crippen molar-refractivity contribution in [3.63, 3.8) is 0 Å². The van der Waals surface area contributed by atoms with E-state index in [-0.39, 0.29) is 11.9 Å². The summed E-state index contributed by atoms with van der Waals surface area (Å²) < 4.78 is 6.49. The third-order valence-corrected chi connectivity index (χ3v) is 3.44. The van der Waals surface area contributed by atoms with Gasteiger partial charge < -0.3 is 15.8 Å². The molecular formula is C15H23BrN2O2. The van der Waals surface area contributed by atoms with Crippen LogP contribution in [0.4, 0.5) is 0 Å². The highest BCUT2D eigenvalue weighted by Gasteiger charge is 2.10. The molecule has 0 heterocycles. The Morgan fingerprint density at radius 3 is 2.95 bits per heavy atom. The Bertz CT molecular complexity index is 413. The molecule has 0 aliphatic rings. The summed E-state index contributed by atoms with van der Waals surface area (Å²) in [5.74, 6) is 0.750. The van der Waals surface area contributed by atoms with Crippen LogP contribution >= 0.6 is 15.9 Å². The van der Waals surface area contributed by atoms with Crippen LogP contribution in [0.3, 0.4) is 0 Å². The summed E-state index contributed by atoms with van der Waals surface area (Å²) in [6.07, 6.45) is 3.47. The van der Waals surface area contributed by atoms with Gasteiger partial charge in [-0.1, -0.05) is 41.8 Å². The Labute approximate surface area is 129 Å². The van der Waals surface area contributed by atoms with Gasteiger partial charge in [0.1, 0.15) is 5.75 Å². The fraction of sp³-hybridized carbons (Fsp3) is 0.533. The number of carbonyl (C=O) groups excluding carboxylic acids is 1. The number of nitrogens with one attached hydrogen (secondary N) is 1. The van der Waals surface area contributed by atoms with Crippen LogP contribution in [-0.4, -0.2) is 25.1 Å². The van der Waals surface area contributed by atoms with Crippen molar-refractivity contribution >= 4 is 21.8 Å². The number of unbranched alkanes of at least 4 members (excludes halogenated alkanes) is 1. The third kappa shape index (κ3) is 6.91. The van der Waals surface area contributed by atoms with Crippen LogP contribution in [0, 0.1) is 0 Å². The highest BCUT2D eigenvalue weighted by molar-refractivity contribution is 9.10.